The van der Waals surface area contributed by atoms with Gasteiger partial charge in [0.25, 0.3) is 0 Å². The topological polar surface area (TPSA) is 27.7 Å². The van der Waals surface area contributed by atoms with E-state index in [2.05, 4.69) is 93.5 Å². The quantitative estimate of drug-likeness (QED) is 0.0986. The molecule has 5 heteroatoms. The summed E-state index contributed by atoms with van der Waals surface area (Å²) in [5, 5.41) is 0. The van der Waals surface area contributed by atoms with Crippen LogP contribution in [0, 0.1) is 0 Å². The van der Waals surface area contributed by atoms with Gasteiger partial charge in [0.1, 0.15) is 0 Å². The molecule has 0 spiro atoms. The van der Waals surface area contributed by atoms with Crippen LogP contribution >= 0.6 is 0 Å². The van der Waals surface area contributed by atoms with Gasteiger partial charge in [-0.15, -0.1) is 0 Å². The second kappa shape index (κ2) is 21.5. The second-order valence-electron chi connectivity index (χ2n) is 13.0. The molecule has 3 nitrogen and oxygen atoms in total. The summed E-state index contributed by atoms with van der Waals surface area (Å²) in [5.74, 6) is 2.27. The van der Waals surface area contributed by atoms with Gasteiger partial charge in [-0.05, 0) is 0 Å². The molecular formula is C40H70O3Sn2. The predicted molar refractivity (Wildman–Crippen MR) is 202 cm³/mol. The van der Waals surface area contributed by atoms with Crippen molar-refractivity contribution in [2.24, 2.45) is 0 Å². The van der Waals surface area contributed by atoms with E-state index >= 15 is 0 Å². The molecular weight excluding hydrogens is 766 g/mol. The zero-order chi connectivity index (χ0) is 33.3. The van der Waals surface area contributed by atoms with Crippen molar-refractivity contribution in [1.82, 2.24) is 0 Å². The molecule has 0 amide bonds. The molecule has 2 aromatic carbocycles. The SMILES string of the molecule is CCC[CH2][Sn]([CH2]CCC)([O]c1ccc(CC)c(CC)c1CC)[O][Sn]([CH2]CCC)([CH2]CCC)[O]c1ccc(CC)c(CC)c1CC. The summed E-state index contributed by atoms with van der Waals surface area (Å²) in [5.41, 5.74) is 8.80. The molecule has 0 aliphatic carbocycles. The fraction of sp³-hybridized carbons (Fsp3) is 0.700. The Balaban J connectivity index is 2.81. The third kappa shape index (κ3) is 11.3. The van der Waals surface area contributed by atoms with Gasteiger partial charge in [-0.25, -0.2) is 0 Å². The molecule has 2 aromatic rings. The standard InChI is InChI=1S/2C12H18O.4C4H9.O.2Sn/c2*1-4-9-7-8-12(13)11(6-3)10(9)5-2;4*1-3-4-2;;;/h2*7-8,13H,4-6H2,1-3H3;4*1,3-4H2,2H3;;;/q;;;;;;;2*+1/p-2. The van der Waals surface area contributed by atoms with Gasteiger partial charge in [0.15, 0.2) is 0 Å². The van der Waals surface area contributed by atoms with E-state index < -0.39 is 38.4 Å². The van der Waals surface area contributed by atoms with Crippen molar-refractivity contribution in [3.8, 4) is 11.5 Å². The maximum atomic E-state index is 8.08. The van der Waals surface area contributed by atoms with Crippen LogP contribution in [0.3, 0.4) is 0 Å². The first-order chi connectivity index (χ1) is 21.8. The van der Waals surface area contributed by atoms with Gasteiger partial charge >= 0.3 is 292 Å². The molecule has 0 saturated carbocycles. The number of hydrogen-bond donors (Lipinski definition) is 0. The summed E-state index contributed by atoms with van der Waals surface area (Å²) in [6, 6.07) is 9.32. The summed E-state index contributed by atoms with van der Waals surface area (Å²) in [6.07, 6.45) is 15.7. The maximum absolute atomic E-state index is 8.08. The van der Waals surface area contributed by atoms with Gasteiger partial charge in [-0.3, -0.25) is 0 Å². The second-order valence-corrected chi connectivity index (χ2v) is 34.8. The normalized spacial score (nSPS) is 12.1. The van der Waals surface area contributed by atoms with E-state index in [1.165, 1.54) is 84.7 Å². The molecule has 0 aliphatic heterocycles. The molecule has 0 atom stereocenters. The van der Waals surface area contributed by atoms with E-state index in [0.29, 0.717) is 0 Å². The fourth-order valence-electron chi connectivity index (χ4n) is 7.17. The van der Waals surface area contributed by atoms with Crippen molar-refractivity contribution in [3.05, 3.63) is 57.6 Å². The molecule has 0 aromatic heterocycles. The van der Waals surface area contributed by atoms with Gasteiger partial charge in [-0.2, -0.15) is 0 Å². The number of benzene rings is 2. The molecule has 0 unspecified atom stereocenters. The van der Waals surface area contributed by atoms with Crippen molar-refractivity contribution < 1.29 is 7.56 Å². The Morgan fingerprint density at radius 1 is 0.400 bits per heavy atom. The van der Waals surface area contributed by atoms with Crippen LogP contribution in [0.15, 0.2) is 24.3 Å². The average Bonchev–Trinajstić information content (AvgIpc) is 3.07. The fourth-order valence-corrected chi connectivity index (χ4v) is 49.1. The number of unbranched alkanes of at least 4 members (excludes halogenated alkanes) is 4. The van der Waals surface area contributed by atoms with Gasteiger partial charge in [0.2, 0.25) is 0 Å². The van der Waals surface area contributed by atoms with Crippen molar-refractivity contribution in [2.75, 3.05) is 0 Å². The zero-order valence-corrected chi connectivity index (χ0v) is 37.0. The van der Waals surface area contributed by atoms with Gasteiger partial charge in [-0.1, -0.05) is 0 Å². The first-order valence-corrected chi connectivity index (χ1v) is 31.9. The zero-order valence-electron chi connectivity index (χ0n) is 31.3. The van der Waals surface area contributed by atoms with Crippen molar-refractivity contribution in [1.29, 1.82) is 0 Å². The predicted octanol–water partition coefficient (Wildman–Crippen LogP) is 12.6. The van der Waals surface area contributed by atoms with Crippen molar-refractivity contribution in [3.63, 3.8) is 0 Å². The Morgan fingerprint density at radius 3 is 0.956 bits per heavy atom. The van der Waals surface area contributed by atoms with E-state index in [-0.39, 0.29) is 0 Å². The van der Waals surface area contributed by atoms with Crippen LogP contribution in [0.25, 0.3) is 0 Å². The molecule has 0 N–H and O–H groups in total. The first-order valence-electron chi connectivity index (χ1n) is 19.2. The Kier molecular flexibility index (Phi) is 19.5. The van der Waals surface area contributed by atoms with Crippen LogP contribution in [-0.4, -0.2) is 38.4 Å². The average molecular weight is 836 g/mol. The van der Waals surface area contributed by atoms with Gasteiger partial charge in [0.05, 0.1) is 0 Å². The van der Waals surface area contributed by atoms with Crippen molar-refractivity contribution >= 4 is 38.4 Å². The first kappa shape index (κ1) is 40.8. The van der Waals surface area contributed by atoms with Crippen LogP contribution in [0.5, 0.6) is 11.5 Å². The monoisotopic (exact) mass is 838 g/mol. The number of rotatable bonds is 24. The van der Waals surface area contributed by atoms with Crippen LogP contribution in [0.1, 0.15) is 154 Å². The van der Waals surface area contributed by atoms with Crippen LogP contribution in [0.2, 0.25) is 17.7 Å². The molecule has 0 bridgehead atoms. The van der Waals surface area contributed by atoms with E-state index in [0.717, 1.165) is 67.8 Å². The molecule has 0 radical (unpaired) electrons. The molecule has 0 saturated heterocycles. The van der Waals surface area contributed by atoms with Crippen LogP contribution in [0.4, 0.5) is 0 Å². The summed E-state index contributed by atoms with van der Waals surface area (Å²) in [7, 11) is 0. The van der Waals surface area contributed by atoms with Crippen LogP contribution in [-0.2, 0) is 39.9 Å². The third-order valence-electron chi connectivity index (χ3n) is 9.76. The molecule has 0 heterocycles. The van der Waals surface area contributed by atoms with E-state index in [4.69, 9.17) is 7.56 Å². The number of aryl methyl sites for hydroxylation is 2. The molecule has 0 aliphatic rings. The summed E-state index contributed by atoms with van der Waals surface area (Å²) >= 11 is -7.42. The summed E-state index contributed by atoms with van der Waals surface area (Å²) in [6.45, 7) is 23.1. The van der Waals surface area contributed by atoms with E-state index in [1.54, 1.807) is 0 Å². The van der Waals surface area contributed by atoms with Crippen LogP contribution < -0.4 is 6.15 Å². The summed E-state index contributed by atoms with van der Waals surface area (Å²) < 4.78 is 27.8. The van der Waals surface area contributed by atoms with Crippen molar-refractivity contribution in [2.45, 2.75) is 177 Å². The molecule has 0 fully saturated rings. The molecule has 45 heavy (non-hydrogen) atoms. The molecule has 2 rings (SSSR count). The Morgan fingerprint density at radius 2 is 0.711 bits per heavy atom. The number of hydrogen-bond acceptors (Lipinski definition) is 3. The van der Waals surface area contributed by atoms with Gasteiger partial charge < -0.3 is 0 Å². The van der Waals surface area contributed by atoms with E-state index in [1.807, 2.05) is 0 Å². The Hall–Kier alpha value is -0.403. The van der Waals surface area contributed by atoms with E-state index in [9.17, 15) is 0 Å². The summed E-state index contributed by atoms with van der Waals surface area (Å²) in [4.78, 5) is 0. The third-order valence-corrected chi connectivity index (χ3v) is 42.2. The Labute approximate surface area is 289 Å². The minimum atomic E-state index is -3.71. The Bertz CT molecular complexity index is 1030. The van der Waals surface area contributed by atoms with Gasteiger partial charge in [0, 0.05) is 0 Å². The minimum absolute atomic E-state index is 1.01. The molecule has 256 valence electrons.